The van der Waals surface area contributed by atoms with Gasteiger partial charge in [-0.05, 0) is 25.7 Å². The van der Waals surface area contributed by atoms with Crippen molar-refractivity contribution in [1.82, 2.24) is 0 Å². The van der Waals surface area contributed by atoms with Crippen LogP contribution in [0.2, 0.25) is 0 Å². The van der Waals surface area contributed by atoms with Crippen LogP contribution in [-0.4, -0.2) is 0 Å². The maximum absolute atomic E-state index is 3.94. The smallest absolute Gasteiger partial charge is 0.0488 e. The molecule has 0 spiro atoms. The van der Waals surface area contributed by atoms with Gasteiger partial charge in [-0.2, -0.15) is 0 Å². The Hall–Kier alpha value is -0.130. The van der Waals surface area contributed by atoms with E-state index in [0.717, 1.165) is 5.92 Å². The van der Waals surface area contributed by atoms with Crippen LogP contribution in [-0.2, 0) is 0 Å². The lowest BCUT2D eigenvalue weighted by Gasteiger charge is -1.82. The first-order chi connectivity index (χ1) is 2.89. The Labute approximate surface area is 39.6 Å². The van der Waals surface area contributed by atoms with Gasteiger partial charge in [0.05, 0.1) is 12.8 Å². The van der Waals surface area contributed by atoms with E-state index < -0.39 is 0 Å². The minimum absolute atomic E-state index is 0.796. The lowest BCUT2D eigenvalue weighted by molar-refractivity contribution is 0.681. The summed E-state index contributed by atoms with van der Waals surface area (Å²) in [6.07, 6.45) is 5.60. The lowest BCUT2D eigenvalue weighted by atomic mass is 10.2. The fourth-order valence-corrected chi connectivity index (χ4v) is 1.01. The van der Waals surface area contributed by atoms with Crippen molar-refractivity contribution in [2.24, 2.45) is 5.92 Å². The molecule has 0 nitrogen and oxygen atoms in total. The fourth-order valence-electron chi connectivity index (χ4n) is 1.01. The molecule has 0 atom stereocenters. The molecule has 1 saturated carbocycles. The maximum atomic E-state index is 3.94. The van der Waals surface area contributed by atoms with Crippen LogP contribution in [0.4, 0.5) is 0 Å². The van der Waals surface area contributed by atoms with Gasteiger partial charge in [0.2, 0.25) is 0 Å². The minimum atomic E-state index is 0.796. The number of hydrogen-bond donors (Lipinski definition) is 0. The molecule has 1 aliphatic carbocycles. The van der Waals surface area contributed by atoms with Crippen molar-refractivity contribution in [2.75, 3.05) is 0 Å². The molecule has 0 aromatic carbocycles. The second-order valence-corrected chi connectivity index (χ2v) is 2.15. The van der Waals surface area contributed by atoms with Gasteiger partial charge in [0.1, 0.15) is 0 Å². The van der Waals surface area contributed by atoms with Crippen molar-refractivity contribution in [2.45, 2.75) is 25.7 Å². The number of hydrogen-bond acceptors (Lipinski definition) is 0. The van der Waals surface area contributed by atoms with Crippen LogP contribution in [0.3, 0.4) is 0 Å². The van der Waals surface area contributed by atoms with Crippen molar-refractivity contribution in [1.29, 1.82) is 0 Å². The van der Waals surface area contributed by atoms with E-state index in [0.29, 0.717) is 0 Å². The first-order valence-electron chi connectivity index (χ1n) is 2.72. The van der Waals surface area contributed by atoms with Crippen LogP contribution >= 0.6 is 0 Å². The molecule has 0 heterocycles. The molecule has 34 valence electrons. The highest BCUT2D eigenvalue weighted by Crippen LogP contribution is 2.22. The molecule has 1 aliphatic rings. The fraction of sp³-hybridized carbons (Fsp3) is 0.833. The Morgan fingerprint density at radius 2 is 1.67 bits per heavy atom. The summed E-state index contributed by atoms with van der Waals surface area (Å²) in [5.74, 6) is 0.796. The van der Waals surface area contributed by atoms with Crippen molar-refractivity contribution >= 4 is 0 Å². The molecule has 0 aliphatic heterocycles. The average molecular weight is 83.2 g/mol. The molecule has 0 amide bonds. The van der Waals surface area contributed by atoms with Crippen molar-refractivity contribution in [3.05, 3.63) is 6.92 Å². The monoisotopic (exact) mass is 83.1 g/mol. The molecule has 0 aromatic rings. The molecule has 6 heavy (non-hydrogen) atoms. The summed E-state index contributed by atoms with van der Waals surface area (Å²) < 4.78 is 0. The summed E-state index contributed by atoms with van der Waals surface area (Å²) in [5, 5.41) is 0. The third kappa shape index (κ3) is 0.675. The second-order valence-electron chi connectivity index (χ2n) is 2.15. The molecule has 0 bridgehead atoms. The summed E-state index contributed by atoms with van der Waals surface area (Å²) in [5.41, 5.74) is 0. The van der Waals surface area contributed by atoms with Crippen LogP contribution in [0, 0.1) is 12.8 Å². The molecular formula is C6H11+. The molecule has 1 fully saturated rings. The Morgan fingerprint density at radius 1 is 1.17 bits per heavy atom. The Morgan fingerprint density at radius 3 is 1.83 bits per heavy atom. The van der Waals surface area contributed by atoms with Gasteiger partial charge in [0, 0.05) is 0 Å². The topological polar surface area (TPSA) is 0 Å². The largest absolute Gasteiger partial charge is 0.0953 e. The SMILES string of the molecule is [CH2+]C1CCCC1. The molecular weight excluding hydrogens is 72.1 g/mol. The molecule has 1 rings (SSSR count). The highest BCUT2D eigenvalue weighted by molar-refractivity contribution is 4.67. The second kappa shape index (κ2) is 1.55. The van der Waals surface area contributed by atoms with Crippen LogP contribution in [0.5, 0.6) is 0 Å². The lowest BCUT2D eigenvalue weighted by Crippen LogP contribution is -1.79. The minimum Gasteiger partial charge on any atom is -0.0488 e. The molecule has 0 N–H and O–H groups in total. The standard InChI is InChI=1S/C6H11/c1-6-4-2-3-5-6/h6H,1-5H2/q+1. The normalized spacial score (nSPS) is 25.3. The zero-order chi connectivity index (χ0) is 4.41. The summed E-state index contributed by atoms with van der Waals surface area (Å²) in [6, 6.07) is 0. The molecule has 0 saturated heterocycles. The third-order valence-corrected chi connectivity index (χ3v) is 1.47. The molecule has 0 heteroatoms. The van der Waals surface area contributed by atoms with Gasteiger partial charge >= 0.3 is 0 Å². The zero-order valence-corrected chi connectivity index (χ0v) is 4.11. The van der Waals surface area contributed by atoms with Crippen LogP contribution < -0.4 is 0 Å². The number of rotatable bonds is 0. The van der Waals surface area contributed by atoms with E-state index in [1.807, 2.05) is 0 Å². The highest BCUT2D eigenvalue weighted by atomic mass is 14.1. The third-order valence-electron chi connectivity index (χ3n) is 1.47. The van der Waals surface area contributed by atoms with Gasteiger partial charge in [0.15, 0.2) is 0 Å². The Bertz CT molecular complexity index is 33.3. The van der Waals surface area contributed by atoms with E-state index >= 15 is 0 Å². The average Bonchev–Trinajstić information content (AvgIpc) is 1.86. The van der Waals surface area contributed by atoms with Gasteiger partial charge < -0.3 is 0 Å². The summed E-state index contributed by atoms with van der Waals surface area (Å²) in [6.45, 7) is 3.94. The van der Waals surface area contributed by atoms with Crippen LogP contribution in [0.25, 0.3) is 0 Å². The Kier molecular flexibility index (Phi) is 1.04. The van der Waals surface area contributed by atoms with Gasteiger partial charge in [-0.25, -0.2) is 0 Å². The van der Waals surface area contributed by atoms with E-state index in [4.69, 9.17) is 0 Å². The van der Waals surface area contributed by atoms with E-state index in [2.05, 4.69) is 6.92 Å². The highest BCUT2D eigenvalue weighted by Gasteiger charge is 2.13. The molecule has 0 aromatic heterocycles. The van der Waals surface area contributed by atoms with Crippen molar-refractivity contribution < 1.29 is 0 Å². The summed E-state index contributed by atoms with van der Waals surface area (Å²) in [7, 11) is 0. The summed E-state index contributed by atoms with van der Waals surface area (Å²) in [4.78, 5) is 0. The van der Waals surface area contributed by atoms with Crippen molar-refractivity contribution in [3.8, 4) is 0 Å². The van der Waals surface area contributed by atoms with E-state index in [1.54, 1.807) is 0 Å². The van der Waals surface area contributed by atoms with Crippen LogP contribution in [0.15, 0.2) is 0 Å². The predicted octanol–water partition coefficient (Wildman–Crippen LogP) is 2.01. The van der Waals surface area contributed by atoms with Gasteiger partial charge in [-0.15, -0.1) is 0 Å². The molecule has 0 unspecified atom stereocenters. The Balaban J connectivity index is 2.18. The van der Waals surface area contributed by atoms with Gasteiger partial charge in [0.25, 0.3) is 0 Å². The maximum Gasteiger partial charge on any atom is 0.0953 e. The van der Waals surface area contributed by atoms with E-state index in [1.165, 1.54) is 25.7 Å². The first kappa shape index (κ1) is 4.04. The van der Waals surface area contributed by atoms with Gasteiger partial charge in [-0.3, -0.25) is 0 Å². The van der Waals surface area contributed by atoms with Crippen molar-refractivity contribution in [3.63, 3.8) is 0 Å². The zero-order valence-electron chi connectivity index (χ0n) is 4.11. The molecule has 0 radical (unpaired) electrons. The van der Waals surface area contributed by atoms with Crippen LogP contribution in [0.1, 0.15) is 25.7 Å². The van der Waals surface area contributed by atoms with Gasteiger partial charge in [-0.1, -0.05) is 0 Å². The quantitative estimate of drug-likeness (QED) is 0.393. The first-order valence-corrected chi connectivity index (χ1v) is 2.72. The van der Waals surface area contributed by atoms with E-state index in [9.17, 15) is 0 Å². The van der Waals surface area contributed by atoms with E-state index in [-0.39, 0.29) is 0 Å². The summed E-state index contributed by atoms with van der Waals surface area (Å²) >= 11 is 0. The predicted molar refractivity (Wildman–Crippen MR) is 27.3 cm³/mol.